The zero-order valence-electron chi connectivity index (χ0n) is 14.1. The lowest BCUT2D eigenvalue weighted by Gasteiger charge is -2.15. The molecule has 6 nitrogen and oxygen atoms in total. The summed E-state index contributed by atoms with van der Waals surface area (Å²) in [5.41, 5.74) is 4.93. The summed E-state index contributed by atoms with van der Waals surface area (Å²) in [6.07, 6.45) is 6.92. The van der Waals surface area contributed by atoms with Crippen LogP contribution < -0.4 is 0 Å². The van der Waals surface area contributed by atoms with E-state index in [4.69, 9.17) is 4.74 Å². The third-order valence-electron chi connectivity index (χ3n) is 4.35. The van der Waals surface area contributed by atoms with Crippen LogP contribution in [0, 0.1) is 4.91 Å². The summed E-state index contributed by atoms with van der Waals surface area (Å²) >= 11 is 0. The van der Waals surface area contributed by atoms with E-state index >= 15 is 0 Å². The van der Waals surface area contributed by atoms with E-state index in [-0.39, 0.29) is 6.10 Å². The number of aromatic nitrogens is 3. The van der Waals surface area contributed by atoms with Crippen LogP contribution in [0.1, 0.15) is 17.2 Å². The van der Waals surface area contributed by atoms with E-state index in [0.717, 1.165) is 33.3 Å². The van der Waals surface area contributed by atoms with Crippen molar-refractivity contribution >= 4 is 16.7 Å². The van der Waals surface area contributed by atoms with Gasteiger partial charge in [-0.2, -0.15) is 0 Å². The number of nitrogens with zero attached hydrogens (tertiary/aromatic N) is 3. The number of ether oxygens (including phenoxy) is 1. The summed E-state index contributed by atoms with van der Waals surface area (Å²) in [7, 11) is 1.64. The monoisotopic (exact) mass is 344 g/mol. The van der Waals surface area contributed by atoms with Gasteiger partial charge in [0.1, 0.15) is 17.4 Å². The van der Waals surface area contributed by atoms with E-state index in [0.29, 0.717) is 5.69 Å². The molecule has 0 radical (unpaired) electrons. The molecular formula is C20H16N4O2. The summed E-state index contributed by atoms with van der Waals surface area (Å²) in [6, 6.07) is 13.1. The van der Waals surface area contributed by atoms with Crippen LogP contribution in [0.3, 0.4) is 0 Å². The molecular weight excluding hydrogens is 328 g/mol. The number of hydrogen-bond donors (Lipinski definition) is 1. The summed E-state index contributed by atoms with van der Waals surface area (Å²) < 4.78 is 5.73. The highest BCUT2D eigenvalue weighted by molar-refractivity contribution is 5.85. The van der Waals surface area contributed by atoms with Crippen LogP contribution in [-0.2, 0) is 4.74 Å². The average Bonchev–Trinajstić information content (AvgIpc) is 3.12. The molecule has 3 aromatic heterocycles. The molecule has 0 fully saturated rings. The zero-order chi connectivity index (χ0) is 17.9. The first-order chi connectivity index (χ1) is 12.8. The van der Waals surface area contributed by atoms with Crippen LogP contribution >= 0.6 is 0 Å². The molecule has 0 spiro atoms. The molecule has 0 saturated carbocycles. The number of benzene rings is 1. The number of rotatable bonds is 5. The quantitative estimate of drug-likeness (QED) is 0.529. The number of H-pyrrole nitrogens is 1. The first-order valence-electron chi connectivity index (χ1n) is 8.13. The Morgan fingerprint density at radius 1 is 1.12 bits per heavy atom. The van der Waals surface area contributed by atoms with Gasteiger partial charge in [0.05, 0.1) is 0 Å². The van der Waals surface area contributed by atoms with Gasteiger partial charge in [0.15, 0.2) is 0 Å². The Kier molecular flexibility index (Phi) is 4.25. The highest BCUT2D eigenvalue weighted by atomic mass is 16.5. The van der Waals surface area contributed by atoms with E-state index in [1.165, 1.54) is 0 Å². The van der Waals surface area contributed by atoms with Gasteiger partial charge in [-0.15, -0.1) is 4.91 Å². The minimum Gasteiger partial charge on any atom is -0.372 e. The Hall–Kier alpha value is -3.38. The largest absolute Gasteiger partial charge is 0.372 e. The lowest BCUT2D eigenvalue weighted by Crippen LogP contribution is -2.02. The fourth-order valence-electron chi connectivity index (χ4n) is 3.12. The van der Waals surface area contributed by atoms with Gasteiger partial charge in [-0.05, 0) is 35.0 Å². The molecule has 0 aliphatic carbocycles. The maximum atomic E-state index is 10.9. The number of nitroso groups, excluding NO2 is 1. The topological polar surface area (TPSA) is 80.2 Å². The molecule has 0 aliphatic heterocycles. The van der Waals surface area contributed by atoms with Crippen molar-refractivity contribution in [3.05, 3.63) is 83.3 Å². The number of fused-ring (bicyclic) bond motifs is 1. The van der Waals surface area contributed by atoms with Crippen molar-refractivity contribution in [3.8, 4) is 11.1 Å². The van der Waals surface area contributed by atoms with E-state index < -0.39 is 0 Å². The van der Waals surface area contributed by atoms with Crippen molar-refractivity contribution in [2.75, 3.05) is 7.11 Å². The van der Waals surface area contributed by atoms with Gasteiger partial charge in [-0.1, -0.05) is 18.2 Å². The summed E-state index contributed by atoms with van der Waals surface area (Å²) in [5, 5.41) is 3.97. The average molecular weight is 344 g/mol. The minimum absolute atomic E-state index is 0.337. The molecule has 0 aliphatic rings. The fourth-order valence-corrected chi connectivity index (χ4v) is 3.12. The van der Waals surface area contributed by atoms with E-state index in [1.807, 2.05) is 36.8 Å². The van der Waals surface area contributed by atoms with Gasteiger partial charge in [-0.3, -0.25) is 4.98 Å². The number of aromatic amines is 1. The molecule has 6 heteroatoms. The van der Waals surface area contributed by atoms with Crippen LogP contribution in [0.4, 0.5) is 5.69 Å². The van der Waals surface area contributed by atoms with Gasteiger partial charge in [0.2, 0.25) is 0 Å². The minimum atomic E-state index is -0.337. The maximum Gasteiger partial charge on any atom is 0.137 e. The predicted octanol–water partition coefficient (Wildman–Crippen LogP) is 4.76. The molecule has 26 heavy (non-hydrogen) atoms. The van der Waals surface area contributed by atoms with E-state index in [2.05, 4.69) is 26.2 Å². The summed E-state index contributed by atoms with van der Waals surface area (Å²) in [5.74, 6) is 0. The molecule has 1 unspecified atom stereocenters. The lowest BCUT2D eigenvalue weighted by atomic mass is 9.99. The smallest absolute Gasteiger partial charge is 0.137 e. The molecule has 0 bridgehead atoms. The molecule has 1 N–H and O–H groups in total. The lowest BCUT2D eigenvalue weighted by molar-refractivity contribution is 0.137. The predicted molar refractivity (Wildman–Crippen MR) is 100 cm³/mol. The third-order valence-corrected chi connectivity index (χ3v) is 4.35. The maximum absolute atomic E-state index is 10.9. The molecule has 4 rings (SSSR count). The van der Waals surface area contributed by atoms with Crippen molar-refractivity contribution in [3.63, 3.8) is 0 Å². The highest BCUT2D eigenvalue weighted by Crippen LogP contribution is 2.34. The van der Waals surface area contributed by atoms with Gasteiger partial charge in [-0.25, -0.2) is 4.98 Å². The molecule has 3 heterocycles. The van der Waals surface area contributed by atoms with Crippen molar-refractivity contribution in [2.24, 2.45) is 5.18 Å². The first kappa shape index (κ1) is 16.1. The second-order valence-electron chi connectivity index (χ2n) is 5.91. The fraction of sp³-hybridized carbons (Fsp3) is 0.100. The number of methoxy groups -OCH3 is 1. The van der Waals surface area contributed by atoms with E-state index in [9.17, 15) is 4.91 Å². The molecule has 0 amide bonds. The second kappa shape index (κ2) is 6.85. The van der Waals surface area contributed by atoms with Gasteiger partial charge in [0, 0.05) is 54.0 Å². The molecule has 0 saturated heterocycles. The molecule has 1 aromatic carbocycles. The van der Waals surface area contributed by atoms with Crippen LogP contribution in [0.25, 0.3) is 22.2 Å². The SMILES string of the molecule is COC(c1cccc(N=O)c1)c1c[nH]c2ncc(-c3cccnc3)cc12. The van der Waals surface area contributed by atoms with Crippen LogP contribution in [0.2, 0.25) is 0 Å². The Balaban J connectivity index is 1.83. The van der Waals surface area contributed by atoms with Crippen LogP contribution in [0.5, 0.6) is 0 Å². The van der Waals surface area contributed by atoms with Crippen LogP contribution in [0.15, 0.2) is 72.4 Å². The molecule has 4 aromatic rings. The summed E-state index contributed by atoms with van der Waals surface area (Å²) in [6.45, 7) is 0. The Bertz CT molecular complexity index is 1060. The number of hydrogen-bond acceptors (Lipinski definition) is 5. The van der Waals surface area contributed by atoms with Gasteiger partial charge >= 0.3 is 0 Å². The highest BCUT2D eigenvalue weighted by Gasteiger charge is 2.19. The summed E-state index contributed by atoms with van der Waals surface area (Å²) in [4.78, 5) is 22.7. The Morgan fingerprint density at radius 2 is 2.04 bits per heavy atom. The van der Waals surface area contributed by atoms with E-state index in [1.54, 1.807) is 31.5 Å². The second-order valence-corrected chi connectivity index (χ2v) is 5.91. The van der Waals surface area contributed by atoms with Crippen LogP contribution in [-0.4, -0.2) is 22.1 Å². The normalized spacial score (nSPS) is 12.2. The Labute approximate surface area is 149 Å². The Morgan fingerprint density at radius 3 is 2.81 bits per heavy atom. The number of pyridine rings is 2. The van der Waals surface area contributed by atoms with Crippen molar-refractivity contribution in [1.82, 2.24) is 15.0 Å². The standard InChI is InChI=1S/C20H16N4O2/c1-26-19(13-4-2-6-16(8-13)24-25)18-12-23-20-17(18)9-15(11-22-20)14-5-3-7-21-10-14/h2-12,19H,1H3,(H,22,23). The van der Waals surface area contributed by atoms with Crippen molar-refractivity contribution in [1.29, 1.82) is 0 Å². The van der Waals surface area contributed by atoms with Gasteiger partial charge in [0.25, 0.3) is 0 Å². The zero-order valence-corrected chi connectivity index (χ0v) is 14.1. The molecule has 128 valence electrons. The first-order valence-corrected chi connectivity index (χ1v) is 8.13. The van der Waals surface area contributed by atoms with Crippen molar-refractivity contribution in [2.45, 2.75) is 6.10 Å². The third kappa shape index (κ3) is 2.87. The van der Waals surface area contributed by atoms with Gasteiger partial charge < -0.3 is 9.72 Å². The van der Waals surface area contributed by atoms with Crippen molar-refractivity contribution < 1.29 is 4.74 Å². The molecule has 1 atom stereocenters. The number of nitrogens with one attached hydrogen (secondary N) is 1.